The number of hydrogen-bond donors (Lipinski definition) is 1. The molecule has 1 atom stereocenters. The number of carbonyl (C=O) groups is 1. The van der Waals surface area contributed by atoms with E-state index < -0.39 is 12.0 Å². The topological polar surface area (TPSA) is 76.6 Å². The van der Waals surface area contributed by atoms with Crippen LogP contribution in [0.4, 0.5) is 29.7 Å². The molecule has 1 aromatic heterocycles. The minimum atomic E-state index is -4.61. The van der Waals surface area contributed by atoms with Crippen molar-refractivity contribution in [2.45, 2.75) is 65.5 Å². The molecule has 202 valence electrons. The fourth-order valence-electron chi connectivity index (χ4n) is 3.81. The Labute approximate surface area is 215 Å². The Balaban J connectivity index is 2.37. The summed E-state index contributed by atoms with van der Waals surface area (Å²) in [6, 6.07) is 5.80. The second-order valence-electron chi connectivity index (χ2n) is 9.13. The summed E-state index contributed by atoms with van der Waals surface area (Å²) in [6.45, 7) is 10.5. The van der Waals surface area contributed by atoms with Crippen LogP contribution in [0.1, 0.15) is 70.7 Å². The average molecular weight is 531 g/mol. The molecule has 0 spiro atoms. The van der Waals surface area contributed by atoms with Crippen molar-refractivity contribution in [2.24, 2.45) is 5.92 Å². The van der Waals surface area contributed by atoms with Gasteiger partial charge in [0.15, 0.2) is 0 Å². The fourth-order valence-corrected chi connectivity index (χ4v) is 4.41. The number of rotatable bonds is 15. The van der Waals surface area contributed by atoms with E-state index in [9.17, 15) is 18.0 Å². The van der Waals surface area contributed by atoms with Crippen molar-refractivity contribution in [3.8, 4) is 0 Å². The predicted octanol–water partition coefficient (Wildman–Crippen LogP) is 6.64. The lowest BCUT2D eigenvalue weighted by atomic mass is 9.96. The van der Waals surface area contributed by atoms with E-state index in [1.54, 1.807) is 14.0 Å². The summed E-state index contributed by atoms with van der Waals surface area (Å²) in [5.74, 6) is -1.22. The lowest BCUT2D eigenvalue weighted by molar-refractivity contribution is -0.144. The molecule has 0 amide bonds. The van der Waals surface area contributed by atoms with Gasteiger partial charge in [0.1, 0.15) is 0 Å². The van der Waals surface area contributed by atoms with Crippen molar-refractivity contribution in [2.75, 3.05) is 43.6 Å². The number of hydrogen-bond acceptors (Lipinski definition) is 8. The van der Waals surface area contributed by atoms with Crippen LogP contribution in [0.25, 0.3) is 0 Å². The number of esters is 1. The molecule has 1 aromatic carbocycles. The molecule has 0 radical (unpaired) electrons. The van der Waals surface area contributed by atoms with Gasteiger partial charge in [0.05, 0.1) is 24.4 Å². The number of unbranched alkanes of at least 4 members (excludes halogenated alkanes) is 2. The van der Waals surface area contributed by atoms with E-state index in [0.717, 1.165) is 43.6 Å². The second kappa shape index (κ2) is 14.4. The summed E-state index contributed by atoms with van der Waals surface area (Å²) in [5, 5.41) is 3.13. The zero-order valence-electron chi connectivity index (χ0n) is 21.7. The number of aromatic nitrogens is 2. The third kappa shape index (κ3) is 9.57. The first-order valence-electron chi connectivity index (χ1n) is 12.3. The van der Waals surface area contributed by atoms with Crippen molar-refractivity contribution in [1.29, 1.82) is 0 Å². The van der Waals surface area contributed by atoms with Gasteiger partial charge in [-0.3, -0.25) is 4.79 Å². The molecule has 0 aliphatic carbocycles. The Hall–Kier alpha value is -2.40. The number of ether oxygens (including phenoxy) is 2. The van der Waals surface area contributed by atoms with Crippen LogP contribution in [0.2, 0.25) is 0 Å². The molecule has 1 N–H and O–H groups in total. The average Bonchev–Trinajstić information content (AvgIpc) is 3.27. The van der Waals surface area contributed by atoms with Gasteiger partial charge in [-0.2, -0.15) is 22.5 Å². The van der Waals surface area contributed by atoms with Crippen molar-refractivity contribution in [1.82, 2.24) is 9.36 Å². The van der Waals surface area contributed by atoms with Crippen LogP contribution in [-0.2, 0) is 20.4 Å². The molecule has 0 fully saturated rings. The van der Waals surface area contributed by atoms with Crippen LogP contribution in [0.5, 0.6) is 0 Å². The maximum Gasteiger partial charge on any atom is 0.452 e. The van der Waals surface area contributed by atoms with Crippen LogP contribution < -0.4 is 10.2 Å². The van der Waals surface area contributed by atoms with E-state index in [2.05, 4.69) is 33.4 Å². The molecule has 1 heterocycles. The zero-order valence-corrected chi connectivity index (χ0v) is 22.5. The molecular weight excluding hydrogens is 493 g/mol. The quantitative estimate of drug-likeness (QED) is 0.204. The van der Waals surface area contributed by atoms with Crippen molar-refractivity contribution in [3.05, 3.63) is 29.6 Å². The molecule has 0 aliphatic heterocycles. The Morgan fingerprint density at radius 2 is 1.94 bits per heavy atom. The number of anilines is 3. The molecule has 36 heavy (non-hydrogen) atoms. The maximum absolute atomic E-state index is 13.1. The van der Waals surface area contributed by atoms with Gasteiger partial charge in [0.2, 0.25) is 11.0 Å². The van der Waals surface area contributed by atoms with Gasteiger partial charge in [-0.25, -0.2) is 0 Å². The largest absolute Gasteiger partial charge is 0.466 e. The first-order valence-corrected chi connectivity index (χ1v) is 13.0. The standard InChI is InChI=1S/C25H37F3N4O3S/c1-6-35-22(33)14-18(4)19-10-11-21(32(16-17(2)3)12-8-7-9-13-34-5)20(15-19)29-24-30-23(31-36-24)25(26,27)28/h10-11,15,17-18H,6-9,12-14,16H2,1-5H3,(H,29,30,31). The molecule has 1 unspecified atom stereocenters. The third-order valence-corrected chi connectivity index (χ3v) is 6.12. The molecule has 0 saturated heterocycles. The van der Waals surface area contributed by atoms with Crippen LogP contribution in [0, 0.1) is 5.92 Å². The normalized spacial score (nSPS) is 12.6. The van der Waals surface area contributed by atoms with Gasteiger partial charge in [-0.1, -0.05) is 26.8 Å². The number of benzene rings is 1. The lowest BCUT2D eigenvalue weighted by Crippen LogP contribution is -2.29. The number of nitrogens with zero attached hydrogens (tertiary/aromatic N) is 3. The first-order chi connectivity index (χ1) is 17.0. The Morgan fingerprint density at radius 3 is 2.56 bits per heavy atom. The van der Waals surface area contributed by atoms with E-state index >= 15 is 0 Å². The number of nitrogens with one attached hydrogen (secondary N) is 1. The van der Waals surface area contributed by atoms with Crippen molar-refractivity contribution >= 4 is 34.0 Å². The van der Waals surface area contributed by atoms with E-state index in [1.807, 2.05) is 25.1 Å². The summed E-state index contributed by atoms with van der Waals surface area (Å²) in [5.41, 5.74) is 2.37. The minimum Gasteiger partial charge on any atom is -0.466 e. The fraction of sp³-hybridized carbons (Fsp3) is 0.640. The van der Waals surface area contributed by atoms with Crippen LogP contribution in [0.15, 0.2) is 18.2 Å². The molecule has 0 aliphatic rings. The molecule has 11 heteroatoms. The first kappa shape index (κ1) is 29.8. The highest BCUT2D eigenvalue weighted by atomic mass is 32.1. The van der Waals surface area contributed by atoms with Gasteiger partial charge < -0.3 is 19.7 Å². The molecule has 7 nitrogen and oxygen atoms in total. The van der Waals surface area contributed by atoms with E-state index in [-0.39, 0.29) is 23.4 Å². The smallest absolute Gasteiger partial charge is 0.452 e. The van der Waals surface area contributed by atoms with E-state index in [1.165, 1.54) is 0 Å². The molecule has 0 bridgehead atoms. The monoisotopic (exact) mass is 530 g/mol. The van der Waals surface area contributed by atoms with E-state index in [0.29, 0.717) is 36.4 Å². The molecule has 2 rings (SSSR count). The van der Waals surface area contributed by atoms with E-state index in [4.69, 9.17) is 9.47 Å². The molecule has 2 aromatic rings. The lowest BCUT2D eigenvalue weighted by Gasteiger charge is -2.29. The maximum atomic E-state index is 13.1. The summed E-state index contributed by atoms with van der Waals surface area (Å²) in [7, 11) is 1.69. The second-order valence-corrected chi connectivity index (χ2v) is 9.88. The summed E-state index contributed by atoms with van der Waals surface area (Å²) < 4.78 is 52.9. The highest BCUT2D eigenvalue weighted by Gasteiger charge is 2.36. The van der Waals surface area contributed by atoms with Gasteiger partial charge in [-0.05, 0) is 55.7 Å². The van der Waals surface area contributed by atoms with Crippen molar-refractivity contribution in [3.63, 3.8) is 0 Å². The zero-order chi connectivity index (χ0) is 26.7. The number of halogens is 3. The molecular formula is C25H37F3N4O3S. The summed E-state index contributed by atoms with van der Waals surface area (Å²) in [6.07, 6.45) is -1.48. The van der Waals surface area contributed by atoms with Crippen LogP contribution >= 0.6 is 11.5 Å². The van der Waals surface area contributed by atoms with Gasteiger partial charge in [0.25, 0.3) is 0 Å². The highest BCUT2D eigenvalue weighted by Crippen LogP contribution is 2.36. The SMILES string of the molecule is CCOC(=O)CC(C)c1ccc(N(CCCCCOC)CC(C)C)c(Nc2nc(C(F)(F)F)ns2)c1. The van der Waals surface area contributed by atoms with Crippen LogP contribution in [0.3, 0.4) is 0 Å². The van der Waals surface area contributed by atoms with Gasteiger partial charge in [0, 0.05) is 38.3 Å². The summed E-state index contributed by atoms with van der Waals surface area (Å²) in [4.78, 5) is 17.9. The Kier molecular flexibility index (Phi) is 11.9. The van der Waals surface area contributed by atoms with Gasteiger partial charge in [-0.15, -0.1) is 0 Å². The van der Waals surface area contributed by atoms with Gasteiger partial charge >= 0.3 is 12.1 Å². The molecule has 0 saturated carbocycles. The third-order valence-electron chi connectivity index (χ3n) is 5.49. The minimum absolute atomic E-state index is 0.0587. The highest BCUT2D eigenvalue weighted by molar-refractivity contribution is 7.09. The summed E-state index contributed by atoms with van der Waals surface area (Å²) >= 11 is 0.665. The van der Waals surface area contributed by atoms with Crippen molar-refractivity contribution < 1.29 is 27.4 Å². The number of carbonyl (C=O) groups excluding carboxylic acids is 1. The number of methoxy groups -OCH3 is 1. The Morgan fingerprint density at radius 1 is 1.19 bits per heavy atom. The predicted molar refractivity (Wildman–Crippen MR) is 137 cm³/mol. The number of alkyl halides is 3. The van der Waals surface area contributed by atoms with Crippen LogP contribution in [-0.4, -0.2) is 48.7 Å². The Bertz CT molecular complexity index is 953.